The van der Waals surface area contributed by atoms with Crippen LogP contribution in [0.4, 0.5) is 0 Å². The van der Waals surface area contributed by atoms with Crippen LogP contribution in [-0.4, -0.2) is 43.7 Å². The Hall–Kier alpha value is -1.75. The van der Waals surface area contributed by atoms with E-state index in [1.807, 2.05) is 11.8 Å². The molecular weight excluding hydrogens is 256 g/mol. The van der Waals surface area contributed by atoms with Crippen LogP contribution in [0.5, 0.6) is 11.5 Å². The topological polar surface area (TPSA) is 64.8 Å². The van der Waals surface area contributed by atoms with Gasteiger partial charge in [-0.05, 0) is 38.0 Å². The van der Waals surface area contributed by atoms with Gasteiger partial charge in [-0.25, -0.2) is 0 Å². The van der Waals surface area contributed by atoms with Crippen molar-refractivity contribution in [2.45, 2.75) is 31.8 Å². The molecule has 1 fully saturated rings. The number of carbonyl (C=O) groups is 1. The zero-order chi connectivity index (χ0) is 14.7. The summed E-state index contributed by atoms with van der Waals surface area (Å²) in [5, 5.41) is 0. The number of rotatable bonds is 3. The van der Waals surface area contributed by atoms with Crippen molar-refractivity contribution in [3.05, 3.63) is 23.8 Å². The summed E-state index contributed by atoms with van der Waals surface area (Å²) in [5.41, 5.74) is 6.48. The number of nitrogens with zero attached hydrogens (tertiary/aromatic N) is 1. The third-order valence-corrected chi connectivity index (χ3v) is 3.81. The summed E-state index contributed by atoms with van der Waals surface area (Å²) in [6.07, 6.45) is 1.67. The number of hydrogen-bond donors (Lipinski definition) is 1. The van der Waals surface area contributed by atoms with Crippen molar-refractivity contribution in [3.63, 3.8) is 0 Å². The summed E-state index contributed by atoms with van der Waals surface area (Å²) < 4.78 is 10.5. The van der Waals surface area contributed by atoms with Crippen molar-refractivity contribution in [2.24, 2.45) is 5.73 Å². The Morgan fingerprint density at radius 3 is 2.70 bits per heavy atom. The van der Waals surface area contributed by atoms with Gasteiger partial charge in [0.25, 0.3) is 5.91 Å². The van der Waals surface area contributed by atoms with Crippen molar-refractivity contribution in [3.8, 4) is 11.5 Å². The predicted octanol–water partition coefficient (Wildman–Crippen LogP) is 1.66. The Balaban J connectivity index is 2.28. The van der Waals surface area contributed by atoms with E-state index in [4.69, 9.17) is 15.2 Å². The van der Waals surface area contributed by atoms with Crippen LogP contribution in [0.3, 0.4) is 0 Å². The van der Waals surface area contributed by atoms with E-state index in [2.05, 4.69) is 0 Å². The first-order valence-electron chi connectivity index (χ1n) is 6.85. The molecule has 0 radical (unpaired) electrons. The maximum absolute atomic E-state index is 12.7. The highest BCUT2D eigenvalue weighted by Crippen LogP contribution is 2.27. The van der Waals surface area contributed by atoms with Gasteiger partial charge in [-0.2, -0.15) is 0 Å². The van der Waals surface area contributed by atoms with E-state index in [0.717, 1.165) is 12.8 Å². The molecular formula is C15H22N2O3. The summed E-state index contributed by atoms with van der Waals surface area (Å²) in [5.74, 6) is 1.19. The second-order valence-corrected chi connectivity index (χ2v) is 5.20. The smallest absolute Gasteiger partial charge is 0.257 e. The van der Waals surface area contributed by atoms with Crippen molar-refractivity contribution in [1.29, 1.82) is 0 Å². The Morgan fingerprint density at radius 1 is 1.35 bits per heavy atom. The number of nitrogens with two attached hydrogens (primary N) is 1. The Morgan fingerprint density at radius 2 is 2.10 bits per heavy atom. The molecule has 0 aliphatic carbocycles. The summed E-state index contributed by atoms with van der Waals surface area (Å²) in [4.78, 5) is 14.6. The SMILES string of the molecule is COc1ccc(OC)c(C(=O)N2CCC(N)CC2C)c1. The molecule has 2 N–H and O–H groups in total. The minimum absolute atomic E-state index is 0.0276. The highest BCUT2D eigenvalue weighted by atomic mass is 16.5. The monoisotopic (exact) mass is 278 g/mol. The molecule has 1 amide bonds. The first-order valence-corrected chi connectivity index (χ1v) is 6.85. The fourth-order valence-corrected chi connectivity index (χ4v) is 2.65. The molecule has 0 bridgehead atoms. The van der Waals surface area contributed by atoms with Crippen molar-refractivity contribution >= 4 is 5.91 Å². The molecule has 1 aliphatic rings. The average molecular weight is 278 g/mol. The van der Waals surface area contributed by atoms with Crippen LogP contribution in [0.15, 0.2) is 18.2 Å². The minimum Gasteiger partial charge on any atom is -0.497 e. The Kier molecular flexibility index (Phi) is 4.49. The number of carbonyl (C=O) groups excluding carboxylic acids is 1. The molecule has 5 nitrogen and oxygen atoms in total. The normalized spacial score (nSPS) is 22.5. The molecule has 0 aromatic heterocycles. The van der Waals surface area contributed by atoms with Gasteiger partial charge in [0.15, 0.2) is 0 Å². The third kappa shape index (κ3) is 2.88. The number of ether oxygens (including phenoxy) is 2. The summed E-state index contributed by atoms with van der Waals surface area (Å²) in [7, 11) is 3.15. The molecule has 0 saturated carbocycles. The predicted molar refractivity (Wildman–Crippen MR) is 77.3 cm³/mol. The van der Waals surface area contributed by atoms with Gasteiger partial charge < -0.3 is 20.1 Å². The Bertz CT molecular complexity index is 490. The first-order chi connectivity index (χ1) is 9.56. The molecule has 1 heterocycles. The summed E-state index contributed by atoms with van der Waals surface area (Å²) in [6.45, 7) is 2.71. The fourth-order valence-electron chi connectivity index (χ4n) is 2.65. The lowest BCUT2D eigenvalue weighted by Crippen LogP contribution is -2.48. The van der Waals surface area contributed by atoms with E-state index < -0.39 is 0 Å². The lowest BCUT2D eigenvalue weighted by Gasteiger charge is -2.36. The van der Waals surface area contributed by atoms with Crippen LogP contribution in [-0.2, 0) is 0 Å². The Labute approximate surface area is 119 Å². The number of piperidine rings is 1. The van der Waals surface area contributed by atoms with Gasteiger partial charge in [-0.1, -0.05) is 0 Å². The molecule has 1 aromatic carbocycles. The van der Waals surface area contributed by atoms with Gasteiger partial charge in [0.05, 0.1) is 19.8 Å². The lowest BCUT2D eigenvalue weighted by atomic mass is 9.98. The standard InChI is InChI=1S/C15H22N2O3/c1-10-8-11(16)6-7-17(10)15(18)13-9-12(19-2)4-5-14(13)20-3/h4-5,9-11H,6-8,16H2,1-3H3. The van der Waals surface area contributed by atoms with E-state index >= 15 is 0 Å². The van der Waals surface area contributed by atoms with E-state index in [1.165, 1.54) is 0 Å². The molecule has 2 rings (SSSR count). The summed E-state index contributed by atoms with van der Waals surface area (Å²) >= 11 is 0. The van der Waals surface area contributed by atoms with E-state index in [1.54, 1.807) is 32.4 Å². The van der Waals surface area contributed by atoms with E-state index in [-0.39, 0.29) is 18.0 Å². The molecule has 2 atom stereocenters. The molecule has 20 heavy (non-hydrogen) atoms. The van der Waals surface area contributed by atoms with Gasteiger partial charge >= 0.3 is 0 Å². The second kappa shape index (κ2) is 6.13. The average Bonchev–Trinajstić information content (AvgIpc) is 2.46. The van der Waals surface area contributed by atoms with Gasteiger partial charge in [0.1, 0.15) is 11.5 Å². The van der Waals surface area contributed by atoms with Gasteiger partial charge in [-0.15, -0.1) is 0 Å². The molecule has 1 saturated heterocycles. The molecule has 5 heteroatoms. The van der Waals surface area contributed by atoms with Gasteiger partial charge in [0.2, 0.25) is 0 Å². The van der Waals surface area contributed by atoms with E-state index in [0.29, 0.717) is 23.6 Å². The van der Waals surface area contributed by atoms with Crippen LogP contribution in [0.1, 0.15) is 30.1 Å². The number of likely N-dealkylation sites (tertiary alicyclic amines) is 1. The first kappa shape index (κ1) is 14.7. The zero-order valence-electron chi connectivity index (χ0n) is 12.3. The number of methoxy groups -OCH3 is 2. The van der Waals surface area contributed by atoms with Crippen LogP contribution in [0.2, 0.25) is 0 Å². The number of amides is 1. The third-order valence-electron chi connectivity index (χ3n) is 3.81. The van der Waals surface area contributed by atoms with Crippen LogP contribution >= 0.6 is 0 Å². The van der Waals surface area contributed by atoms with E-state index in [9.17, 15) is 4.79 Å². The maximum atomic E-state index is 12.7. The van der Waals surface area contributed by atoms with Crippen molar-refractivity contribution in [2.75, 3.05) is 20.8 Å². The zero-order valence-corrected chi connectivity index (χ0v) is 12.3. The highest BCUT2D eigenvalue weighted by Gasteiger charge is 2.29. The largest absolute Gasteiger partial charge is 0.497 e. The molecule has 1 aromatic rings. The van der Waals surface area contributed by atoms with Crippen LogP contribution < -0.4 is 15.2 Å². The highest BCUT2D eigenvalue weighted by molar-refractivity contribution is 5.97. The molecule has 1 aliphatic heterocycles. The maximum Gasteiger partial charge on any atom is 0.257 e. The number of hydrogen-bond acceptors (Lipinski definition) is 4. The quantitative estimate of drug-likeness (QED) is 0.913. The number of benzene rings is 1. The van der Waals surface area contributed by atoms with Gasteiger partial charge in [-0.3, -0.25) is 4.79 Å². The van der Waals surface area contributed by atoms with Crippen molar-refractivity contribution in [1.82, 2.24) is 4.90 Å². The van der Waals surface area contributed by atoms with Crippen molar-refractivity contribution < 1.29 is 14.3 Å². The minimum atomic E-state index is -0.0276. The van der Waals surface area contributed by atoms with Crippen LogP contribution in [0, 0.1) is 0 Å². The van der Waals surface area contributed by atoms with Gasteiger partial charge in [0, 0.05) is 18.6 Å². The summed E-state index contributed by atoms with van der Waals surface area (Å²) in [6, 6.07) is 5.59. The van der Waals surface area contributed by atoms with Crippen LogP contribution in [0.25, 0.3) is 0 Å². The lowest BCUT2D eigenvalue weighted by molar-refractivity contribution is 0.0615. The molecule has 110 valence electrons. The fraction of sp³-hybridized carbons (Fsp3) is 0.533. The molecule has 0 spiro atoms. The molecule has 2 unspecified atom stereocenters. The second-order valence-electron chi connectivity index (χ2n) is 5.20.